The highest BCUT2D eigenvalue weighted by atomic mass is 35.5. The van der Waals surface area contributed by atoms with Crippen molar-refractivity contribution in [2.75, 3.05) is 13.1 Å². The van der Waals surface area contributed by atoms with Gasteiger partial charge in [0, 0.05) is 21.2 Å². The highest BCUT2D eigenvalue weighted by Crippen LogP contribution is 2.39. The molecule has 2 aliphatic rings. The van der Waals surface area contributed by atoms with Crippen LogP contribution in [0.3, 0.4) is 0 Å². The molecule has 2 aliphatic heterocycles. The smallest absolute Gasteiger partial charge is 0.309 e. The number of hydrogen-bond acceptors (Lipinski definition) is 6. The summed E-state index contributed by atoms with van der Waals surface area (Å²) in [6.07, 6.45) is 0.762. The van der Waals surface area contributed by atoms with E-state index in [-0.39, 0.29) is 19.4 Å². The van der Waals surface area contributed by atoms with Crippen molar-refractivity contribution in [1.29, 1.82) is 0 Å². The largest absolute Gasteiger partial charge is 0.416 e. The zero-order chi connectivity index (χ0) is 19.6. The molecule has 0 atom stereocenters. The molecule has 0 radical (unpaired) electrons. The van der Waals surface area contributed by atoms with Crippen LogP contribution in [0.2, 0.25) is 5.02 Å². The Balaban J connectivity index is 1.74. The average Bonchev–Trinajstić information content (AvgIpc) is 2.95. The summed E-state index contributed by atoms with van der Waals surface area (Å²) in [5, 5.41) is 3.90. The predicted octanol–water partition coefficient (Wildman–Crippen LogP) is 3.81. The van der Waals surface area contributed by atoms with Gasteiger partial charge in [0.05, 0.1) is 19.4 Å². The SMILES string of the molecule is O=C1CCC(=O)OC2(CNCCc3c2ccc(Cl)c3CSc2ccccc2)O1. The second-order valence-corrected chi connectivity index (χ2v) is 8.24. The molecule has 2 aromatic carbocycles. The van der Waals surface area contributed by atoms with E-state index in [1.54, 1.807) is 17.8 Å². The van der Waals surface area contributed by atoms with E-state index in [1.165, 1.54) is 0 Å². The molecule has 1 N–H and O–H groups in total. The van der Waals surface area contributed by atoms with E-state index in [2.05, 4.69) is 17.4 Å². The summed E-state index contributed by atoms with van der Waals surface area (Å²) in [6.45, 7) is 0.900. The molecule has 28 heavy (non-hydrogen) atoms. The summed E-state index contributed by atoms with van der Waals surface area (Å²) in [5.74, 6) is -1.64. The van der Waals surface area contributed by atoms with Crippen LogP contribution < -0.4 is 5.32 Å². The van der Waals surface area contributed by atoms with Crippen LogP contribution in [0.25, 0.3) is 0 Å². The fourth-order valence-corrected chi connectivity index (χ4v) is 4.89. The number of nitrogens with one attached hydrogen (secondary N) is 1. The number of thioether (sulfide) groups is 1. The first-order valence-corrected chi connectivity index (χ1v) is 10.6. The molecule has 0 saturated carbocycles. The van der Waals surface area contributed by atoms with Crippen LogP contribution >= 0.6 is 23.4 Å². The Morgan fingerprint density at radius 3 is 2.43 bits per heavy atom. The number of hydrogen-bond donors (Lipinski definition) is 1. The van der Waals surface area contributed by atoms with Gasteiger partial charge in [-0.25, -0.2) is 0 Å². The van der Waals surface area contributed by atoms with Crippen molar-refractivity contribution in [3.8, 4) is 0 Å². The first-order valence-electron chi connectivity index (χ1n) is 9.20. The number of carbonyl (C=O) groups is 2. The first-order chi connectivity index (χ1) is 13.6. The third kappa shape index (κ3) is 3.90. The van der Waals surface area contributed by atoms with Crippen LogP contribution in [-0.4, -0.2) is 25.0 Å². The number of ether oxygens (including phenoxy) is 2. The lowest BCUT2D eigenvalue weighted by atomic mass is 9.94. The number of carbonyl (C=O) groups excluding carboxylic acids is 2. The van der Waals surface area contributed by atoms with Gasteiger partial charge >= 0.3 is 11.9 Å². The molecule has 5 nitrogen and oxygen atoms in total. The molecule has 0 unspecified atom stereocenters. The number of halogens is 1. The minimum atomic E-state index is -1.44. The van der Waals surface area contributed by atoms with Gasteiger partial charge in [0.25, 0.3) is 5.79 Å². The van der Waals surface area contributed by atoms with Crippen molar-refractivity contribution in [2.45, 2.75) is 35.7 Å². The second-order valence-electron chi connectivity index (χ2n) is 6.78. The summed E-state index contributed by atoms with van der Waals surface area (Å²) in [4.78, 5) is 25.5. The Morgan fingerprint density at radius 1 is 1.00 bits per heavy atom. The quantitative estimate of drug-likeness (QED) is 0.605. The van der Waals surface area contributed by atoms with Gasteiger partial charge in [-0.15, -0.1) is 11.8 Å². The molecule has 0 aliphatic carbocycles. The molecule has 1 spiro atoms. The fraction of sp³-hybridized carbons (Fsp3) is 0.333. The zero-order valence-electron chi connectivity index (χ0n) is 15.2. The van der Waals surface area contributed by atoms with Crippen LogP contribution in [-0.2, 0) is 37.0 Å². The summed E-state index contributed by atoms with van der Waals surface area (Å²) >= 11 is 8.24. The van der Waals surface area contributed by atoms with Crippen LogP contribution in [0.15, 0.2) is 47.4 Å². The van der Waals surface area contributed by atoms with E-state index in [0.717, 1.165) is 16.0 Å². The molecule has 7 heteroatoms. The van der Waals surface area contributed by atoms with Crippen molar-refractivity contribution >= 4 is 35.3 Å². The molecule has 0 bridgehead atoms. The van der Waals surface area contributed by atoms with Gasteiger partial charge in [0.2, 0.25) is 0 Å². The highest BCUT2D eigenvalue weighted by molar-refractivity contribution is 7.98. The van der Waals surface area contributed by atoms with E-state index in [1.807, 2.05) is 24.3 Å². The predicted molar refractivity (Wildman–Crippen MR) is 107 cm³/mol. The van der Waals surface area contributed by atoms with Crippen molar-refractivity contribution < 1.29 is 19.1 Å². The summed E-state index contributed by atoms with van der Waals surface area (Å²) in [6, 6.07) is 13.7. The molecule has 2 aromatic rings. The molecule has 1 saturated heterocycles. The lowest BCUT2D eigenvalue weighted by Crippen LogP contribution is -2.43. The highest BCUT2D eigenvalue weighted by Gasteiger charge is 2.45. The molecular formula is C21H20ClNO4S. The second kappa shape index (κ2) is 8.15. The Kier molecular flexibility index (Phi) is 5.62. The normalized spacial score (nSPS) is 18.6. The molecule has 146 valence electrons. The third-order valence-electron chi connectivity index (χ3n) is 4.91. The third-order valence-corrected chi connectivity index (χ3v) is 6.30. The van der Waals surface area contributed by atoms with Gasteiger partial charge in [-0.1, -0.05) is 29.8 Å². The summed E-state index contributed by atoms with van der Waals surface area (Å²) in [7, 11) is 0. The minimum absolute atomic E-state index is 0.0280. The van der Waals surface area contributed by atoms with E-state index >= 15 is 0 Å². The standard InChI is InChI=1S/C21H20ClNO4S/c22-18-7-6-17-15(16(18)12-28-14-4-2-1-3-5-14)10-11-23-13-21(17)26-19(24)8-9-20(25)27-21/h1-7,23H,8-13H2. The maximum absolute atomic E-state index is 12.2. The van der Waals surface area contributed by atoms with Crippen LogP contribution in [0.4, 0.5) is 0 Å². The molecule has 1 fully saturated rings. The van der Waals surface area contributed by atoms with E-state index in [0.29, 0.717) is 29.3 Å². The van der Waals surface area contributed by atoms with Gasteiger partial charge in [-0.05, 0) is 48.4 Å². The van der Waals surface area contributed by atoms with E-state index in [4.69, 9.17) is 21.1 Å². The maximum Gasteiger partial charge on any atom is 0.309 e. The Labute approximate surface area is 172 Å². The van der Waals surface area contributed by atoms with E-state index in [9.17, 15) is 9.59 Å². The van der Waals surface area contributed by atoms with Gasteiger partial charge in [0.15, 0.2) is 0 Å². The lowest BCUT2D eigenvalue weighted by molar-refractivity contribution is -0.225. The Bertz CT molecular complexity index is 885. The van der Waals surface area contributed by atoms with Crippen molar-refractivity contribution in [2.24, 2.45) is 0 Å². The summed E-state index contributed by atoms with van der Waals surface area (Å²) in [5.41, 5.74) is 2.66. The monoisotopic (exact) mass is 417 g/mol. The van der Waals surface area contributed by atoms with Crippen molar-refractivity contribution in [3.05, 3.63) is 64.2 Å². The zero-order valence-corrected chi connectivity index (χ0v) is 16.8. The van der Waals surface area contributed by atoms with Gasteiger partial charge in [0.1, 0.15) is 0 Å². The fourth-order valence-electron chi connectivity index (χ4n) is 3.57. The molecular weight excluding hydrogens is 398 g/mol. The molecule has 0 amide bonds. The molecule has 0 aromatic heterocycles. The number of esters is 2. The minimum Gasteiger partial charge on any atom is -0.416 e. The van der Waals surface area contributed by atoms with Crippen molar-refractivity contribution in [1.82, 2.24) is 5.32 Å². The van der Waals surface area contributed by atoms with Crippen molar-refractivity contribution in [3.63, 3.8) is 0 Å². The van der Waals surface area contributed by atoms with Crippen LogP contribution in [0, 0.1) is 0 Å². The Hall–Kier alpha value is -2.02. The topological polar surface area (TPSA) is 64.6 Å². The van der Waals surface area contributed by atoms with E-state index < -0.39 is 17.7 Å². The first kappa shape index (κ1) is 19.3. The summed E-state index contributed by atoms with van der Waals surface area (Å²) < 4.78 is 11.4. The lowest BCUT2D eigenvalue weighted by Gasteiger charge is -2.32. The van der Waals surface area contributed by atoms with Crippen LogP contribution in [0.5, 0.6) is 0 Å². The molecule has 4 rings (SSSR count). The molecule has 2 heterocycles. The van der Waals surface area contributed by atoms with Gasteiger partial charge < -0.3 is 14.8 Å². The number of fused-ring (bicyclic) bond motifs is 2. The Morgan fingerprint density at radius 2 is 1.71 bits per heavy atom. The van der Waals surface area contributed by atoms with Crippen LogP contribution in [0.1, 0.15) is 29.5 Å². The maximum atomic E-state index is 12.2. The van der Waals surface area contributed by atoms with Gasteiger partial charge in [-0.3, -0.25) is 9.59 Å². The number of benzene rings is 2. The van der Waals surface area contributed by atoms with Gasteiger partial charge in [-0.2, -0.15) is 0 Å². The average molecular weight is 418 g/mol. The number of rotatable bonds is 3.